The molecule has 4 rings (SSSR count). The molecule has 0 aliphatic heterocycles. The summed E-state index contributed by atoms with van der Waals surface area (Å²) in [5, 5.41) is 7.29. The Hall–Kier alpha value is -3.38. The third kappa shape index (κ3) is 3.54. The molecular formula is C23H19NO4S. The number of carbonyl (C=O) groups is 2. The van der Waals surface area contributed by atoms with Gasteiger partial charge in [-0.15, -0.1) is 11.3 Å². The molecule has 0 saturated carbocycles. The minimum absolute atomic E-state index is 0.248. The fraction of sp³-hybridized carbons (Fsp3) is 0.130. The van der Waals surface area contributed by atoms with Crippen molar-refractivity contribution in [3.63, 3.8) is 0 Å². The van der Waals surface area contributed by atoms with E-state index in [9.17, 15) is 9.59 Å². The standard InChI is InChI=1S/C23H19NO4S/c1-3-27-23(26)20-19(18-10-6-8-15-7-4-5-9-17(15)18)13-29-22(20)24-21(25)16-11-12-28-14(16)2/h4-13H,3H2,1-2H3,(H,24,25). The number of esters is 1. The van der Waals surface area contributed by atoms with E-state index in [-0.39, 0.29) is 12.5 Å². The summed E-state index contributed by atoms with van der Waals surface area (Å²) in [4.78, 5) is 25.5. The van der Waals surface area contributed by atoms with Gasteiger partial charge in [0.1, 0.15) is 16.3 Å². The summed E-state index contributed by atoms with van der Waals surface area (Å²) in [5.74, 6) is -0.268. The zero-order valence-corrected chi connectivity index (χ0v) is 16.8. The minimum atomic E-state index is -0.462. The number of carbonyl (C=O) groups excluding carboxylic acids is 2. The maximum atomic E-state index is 12.8. The topological polar surface area (TPSA) is 68.5 Å². The van der Waals surface area contributed by atoms with Crippen LogP contribution in [0.3, 0.4) is 0 Å². The minimum Gasteiger partial charge on any atom is -0.469 e. The van der Waals surface area contributed by atoms with Crippen LogP contribution in [0.4, 0.5) is 5.00 Å². The average molecular weight is 405 g/mol. The predicted octanol–water partition coefficient (Wildman–Crippen LogP) is 5.90. The van der Waals surface area contributed by atoms with Crippen molar-refractivity contribution in [3.05, 3.63) is 77.1 Å². The summed E-state index contributed by atoms with van der Waals surface area (Å²) in [6.45, 7) is 3.73. The van der Waals surface area contributed by atoms with Crippen LogP contribution in [0.25, 0.3) is 21.9 Å². The van der Waals surface area contributed by atoms with Gasteiger partial charge >= 0.3 is 5.97 Å². The van der Waals surface area contributed by atoms with Crippen LogP contribution in [-0.2, 0) is 4.74 Å². The Balaban J connectivity index is 1.82. The molecule has 0 radical (unpaired) electrons. The van der Waals surface area contributed by atoms with Crippen LogP contribution in [0, 0.1) is 6.92 Å². The highest BCUT2D eigenvalue weighted by atomic mass is 32.1. The van der Waals surface area contributed by atoms with E-state index in [4.69, 9.17) is 9.15 Å². The van der Waals surface area contributed by atoms with E-state index in [0.717, 1.165) is 21.9 Å². The molecule has 0 unspecified atom stereocenters. The molecule has 29 heavy (non-hydrogen) atoms. The van der Waals surface area contributed by atoms with Gasteiger partial charge < -0.3 is 14.5 Å². The lowest BCUT2D eigenvalue weighted by molar-refractivity contribution is 0.0529. The van der Waals surface area contributed by atoms with Gasteiger partial charge in [0.25, 0.3) is 5.91 Å². The molecule has 6 heteroatoms. The Morgan fingerprint density at radius 3 is 2.62 bits per heavy atom. The lowest BCUT2D eigenvalue weighted by Gasteiger charge is -2.10. The number of amides is 1. The molecule has 0 aliphatic rings. The van der Waals surface area contributed by atoms with Crippen LogP contribution in [0.1, 0.15) is 33.4 Å². The Morgan fingerprint density at radius 2 is 1.86 bits per heavy atom. The van der Waals surface area contributed by atoms with Gasteiger partial charge in [-0.2, -0.15) is 0 Å². The number of anilines is 1. The van der Waals surface area contributed by atoms with Gasteiger partial charge in [-0.3, -0.25) is 4.79 Å². The summed E-state index contributed by atoms with van der Waals surface area (Å²) in [6.07, 6.45) is 1.46. The number of hydrogen-bond acceptors (Lipinski definition) is 5. The number of ether oxygens (including phenoxy) is 1. The first kappa shape index (κ1) is 19.0. The smallest absolute Gasteiger partial charge is 0.341 e. The number of fused-ring (bicyclic) bond motifs is 1. The second-order valence-corrected chi connectivity index (χ2v) is 7.32. The Bertz CT molecular complexity index is 1200. The maximum Gasteiger partial charge on any atom is 0.341 e. The molecule has 2 aromatic heterocycles. The fourth-order valence-corrected chi connectivity index (χ4v) is 4.25. The molecule has 146 valence electrons. The molecule has 0 aliphatic carbocycles. The van der Waals surface area contributed by atoms with E-state index >= 15 is 0 Å². The van der Waals surface area contributed by atoms with E-state index in [2.05, 4.69) is 5.32 Å². The molecule has 0 atom stereocenters. The number of benzene rings is 2. The highest BCUT2D eigenvalue weighted by Crippen LogP contribution is 2.39. The van der Waals surface area contributed by atoms with Crippen molar-refractivity contribution in [2.45, 2.75) is 13.8 Å². The van der Waals surface area contributed by atoms with Crippen LogP contribution in [-0.4, -0.2) is 18.5 Å². The number of rotatable bonds is 5. The van der Waals surface area contributed by atoms with Crippen molar-refractivity contribution in [1.82, 2.24) is 0 Å². The van der Waals surface area contributed by atoms with Gasteiger partial charge in [-0.1, -0.05) is 42.5 Å². The van der Waals surface area contributed by atoms with E-state index < -0.39 is 5.97 Å². The van der Waals surface area contributed by atoms with Crippen LogP contribution >= 0.6 is 11.3 Å². The third-order valence-corrected chi connectivity index (χ3v) is 5.58. The average Bonchev–Trinajstić information content (AvgIpc) is 3.34. The van der Waals surface area contributed by atoms with Crippen LogP contribution in [0.2, 0.25) is 0 Å². The molecule has 5 nitrogen and oxygen atoms in total. The lowest BCUT2D eigenvalue weighted by Crippen LogP contribution is -2.15. The van der Waals surface area contributed by atoms with Crippen molar-refractivity contribution in [1.29, 1.82) is 0 Å². The molecule has 2 heterocycles. The molecule has 0 spiro atoms. The van der Waals surface area contributed by atoms with Gasteiger partial charge in [-0.05, 0) is 36.2 Å². The highest BCUT2D eigenvalue weighted by molar-refractivity contribution is 7.15. The normalized spacial score (nSPS) is 10.8. The number of furan rings is 1. The zero-order valence-electron chi connectivity index (χ0n) is 16.0. The van der Waals surface area contributed by atoms with Crippen LogP contribution in [0.15, 0.2) is 64.6 Å². The summed E-state index contributed by atoms with van der Waals surface area (Å²) in [7, 11) is 0. The molecule has 0 saturated heterocycles. The zero-order chi connectivity index (χ0) is 20.4. The van der Waals surface area contributed by atoms with Gasteiger partial charge in [0, 0.05) is 10.9 Å². The predicted molar refractivity (Wildman–Crippen MR) is 115 cm³/mol. The quantitative estimate of drug-likeness (QED) is 0.420. The molecule has 2 aromatic carbocycles. The van der Waals surface area contributed by atoms with Crippen molar-refractivity contribution >= 4 is 39.0 Å². The van der Waals surface area contributed by atoms with Gasteiger partial charge in [0.2, 0.25) is 0 Å². The van der Waals surface area contributed by atoms with E-state index in [1.807, 2.05) is 47.8 Å². The fourth-order valence-electron chi connectivity index (χ4n) is 3.31. The number of nitrogens with one attached hydrogen (secondary N) is 1. The summed E-state index contributed by atoms with van der Waals surface area (Å²) < 4.78 is 10.5. The van der Waals surface area contributed by atoms with Crippen LogP contribution < -0.4 is 5.32 Å². The largest absolute Gasteiger partial charge is 0.469 e. The summed E-state index contributed by atoms with van der Waals surface area (Å²) in [5.41, 5.74) is 2.45. The molecular weight excluding hydrogens is 386 g/mol. The SMILES string of the molecule is CCOC(=O)c1c(-c2cccc3ccccc23)csc1NC(=O)c1ccoc1C. The monoisotopic (exact) mass is 405 g/mol. The first-order valence-electron chi connectivity index (χ1n) is 9.22. The Kier molecular flexibility index (Phi) is 5.18. The van der Waals surface area contributed by atoms with E-state index in [0.29, 0.717) is 21.9 Å². The van der Waals surface area contributed by atoms with E-state index in [1.165, 1.54) is 17.6 Å². The molecule has 1 N–H and O–H groups in total. The number of thiophene rings is 1. The molecule has 0 bridgehead atoms. The van der Waals surface area contributed by atoms with Crippen molar-refractivity contribution in [2.75, 3.05) is 11.9 Å². The summed E-state index contributed by atoms with van der Waals surface area (Å²) in [6, 6.07) is 15.5. The Morgan fingerprint density at radius 1 is 1.07 bits per heavy atom. The maximum absolute atomic E-state index is 12.8. The first-order valence-corrected chi connectivity index (χ1v) is 10.1. The second-order valence-electron chi connectivity index (χ2n) is 6.45. The summed E-state index contributed by atoms with van der Waals surface area (Å²) >= 11 is 1.30. The van der Waals surface area contributed by atoms with Gasteiger partial charge in [0.05, 0.1) is 18.4 Å². The third-order valence-electron chi connectivity index (χ3n) is 4.68. The Labute approximate surface area is 171 Å². The molecule has 0 fully saturated rings. The number of hydrogen-bond donors (Lipinski definition) is 1. The molecule has 4 aromatic rings. The highest BCUT2D eigenvalue weighted by Gasteiger charge is 2.24. The lowest BCUT2D eigenvalue weighted by atomic mass is 9.97. The molecule has 1 amide bonds. The van der Waals surface area contributed by atoms with Crippen molar-refractivity contribution < 1.29 is 18.7 Å². The van der Waals surface area contributed by atoms with Crippen molar-refractivity contribution in [2.24, 2.45) is 0 Å². The second kappa shape index (κ2) is 7.93. The van der Waals surface area contributed by atoms with Crippen LogP contribution in [0.5, 0.6) is 0 Å². The van der Waals surface area contributed by atoms with Gasteiger partial charge in [0.15, 0.2) is 0 Å². The van der Waals surface area contributed by atoms with E-state index in [1.54, 1.807) is 19.9 Å². The first-order chi connectivity index (χ1) is 14.1. The van der Waals surface area contributed by atoms with Crippen molar-refractivity contribution in [3.8, 4) is 11.1 Å². The number of aryl methyl sites for hydroxylation is 1. The van der Waals surface area contributed by atoms with Gasteiger partial charge in [-0.25, -0.2) is 4.79 Å².